The van der Waals surface area contributed by atoms with E-state index in [2.05, 4.69) is 21.7 Å². The first-order chi connectivity index (χ1) is 25.3. The molecule has 5 heterocycles. The summed E-state index contributed by atoms with van der Waals surface area (Å²) in [5.74, 6) is 0.216. The molecule has 0 radical (unpaired) electrons. The summed E-state index contributed by atoms with van der Waals surface area (Å²) in [6.07, 6.45) is 3.25. The number of fused-ring (bicyclic) bond motifs is 4. The molecule has 53 heavy (non-hydrogen) atoms. The van der Waals surface area contributed by atoms with E-state index in [1.807, 2.05) is 105 Å². The number of aromatic nitrogens is 6. The van der Waals surface area contributed by atoms with Crippen LogP contribution in [0.15, 0.2) is 57.9 Å². The zero-order valence-corrected chi connectivity index (χ0v) is 32.1. The highest BCUT2D eigenvalue weighted by Crippen LogP contribution is 2.46. The van der Waals surface area contributed by atoms with Gasteiger partial charge < -0.3 is 23.2 Å². The predicted molar refractivity (Wildman–Crippen MR) is 209 cm³/mol. The van der Waals surface area contributed by atoms with Crippen LogP contribution in [0.4, 0.5) is 5.69 Å². The molecule has 1 aliphatic heterocycles. The highest BCUT2D eigenvalue weighted by molar-refractivity contribution is 6.35. The van der Waals surface area contributed by atoms with Gasteiger partial charge in [0, 0.05) is 76.6 Å². The monoisotopic (exact) mass is 751 g/mol. The van der Waals surface area contributed by atoms with Crippen LogP contribution in [0.25, 0.3) is 44.4 Å². The lowest BCUT2D eigenvalue weighted by Crippen LogP contribution is -2.42. The molecular weight excluding hydrogens is 713 g/mol. The molecule has 0 spiro atoms. The summed E-state index contributed by atoms with van der Waals surface area (Å²) in [6.45, 7) is 11.0. The van der Waals surface area contributed by atoms with Crippen molar-refractivity contribution in [1.29, 1.82) is 0 Å². The largest absolute Gasteiger partial charge is 0.494 e. The number of carbonyl (C=O) groups excluding carboxylic acids is 1. The quantitative estimate of drug-likeness (QED) is 0.156. The topological polar surface area (TPSA) is 116 Å². The predicted octanol–water partition coefficient (Wildman–Crippen LogP) is 8.65. The highest BCUT2D eigenvalue weighted by atomic mass is 35.5. The molecule has 1 N–H and O–H groups in total. The van der Waals surface area contributed by atoms with Crippen molar-refractivity contribution in [3.8, 4) is 28.3 Å². The number of rotatable bonds is 8. The molecular formula is C40H39Cl2N7O4. The Bertz CT molecular complexity index is 2650. The van der Waals surface area contributed by atoms with Crippen molar-refractivity contribution >= 4 is 56.6 Å². The molecule has 1 unspecified atom stereocenters. The van der Waals surface area contributed by atoms with Gasteiger partial charge in [-0.25, -0.2) is 9.89 Å². The first-order valence-corrected chi connectivity index (χ1v) is 18.3. The van der Waals surface area contributed by atoms with Gasteiger partial charge in [0.05, 0.1) is 28.5 Å². The number of nitrogens with zero attached hydrogens (tertiary/aromatic N) is 6. The third-order valence-corrected chi connectivity index (χ3v) is 11.4. The molecule has 0 bridgehead atoms. The van der Waals surface area contributed by atoms with Gasteiger partial charge in [0.1, 0.15) is 11.4 Å². The number of nitrogens with one attached hydrogen (secondary N) is 1. The van der Waals surface area contributed by atoms with Crippen LogP contribution >= 0.6 is 23.2 Å². The number of aryl methyl sites for hydroxylation is 6. The smallest absolute Gasteiger partial charge is 0.434 e. The van der Waals surface area contributed by atoms with Gasteiger partial charge >= 0.3 is 5.76 Å². The number of benzene rings is 3. The van der Waals surface area contributed by atoms with Crippen molar-refractivity contribution in [2.75, 3.05) is 18.1 Å². The maximum Gasteiger partial charge on any atom is 0.434 e. The molecule has 1 atom stereocenters. The average molecular weight is 753 g/mol. The van der Waals surface area contributed by atoms with Gasteiger partial charge in [-0.15, -0.1) is 5.10 Å². The Hall–Kier alpha value is -5.26. The van der Waals surface area contributed by atoms with Crippen LogP contribution < -0.4 is 15.4 Å². The Labute approximate surface area is 315 Å². The first-order valence-electron chi connectivity index (χ1n) is 17.6. The van der Waals surface area contributed by atoms with Gasteiger partial charge in [-0.2, -0.15) is 5.10 Å². The molecule has 272 valence electrons. The number of anilines is 1. The maximum absolute atomic E-state index is 15.1. The number of amides is 1. The van der Waals surface area contributed by atoms with Crippen molar-refractivity contribution in [2.24, 2.45) is 14.1 Å². The molecule has 1 amide bonds. The van der Waals surface area contributed by atoms with Gasteiger partial charge in [-0.05, 0) is 101 Å². The van der Waals surface area contributed by atoms with E-state index in [9.17, 15) is 4.79 Å². The number of ether oxygens (including phenoxy) is 1. The van der Waals surface area contributed by atoms with E-state index in [4.69, 9.17) is 37.5 Å². The number of carbonyl (C=O) groups is 1. The summed E-state index contributed by atoms with van der Waals surface area (Å²) < 4.78 is 17.6. The second-order valence-electron chi connectivity index (χ2n) is 14.0. The van der Waals surface area contributed by atoms with E-state index in [0.29, 0.717) is 42.3 Å². The van der Waals surface area contributed by atoms with Gasteiger partial charge in [-0.3, -0.25) is 9.48 Å². The molecule has 0 fully saturated rings. The summed E-state index contributed by atoms with van der Waals surface area (Å²) >= 11 is 13.5. The standard InChI is InChI=1S/C40H39Cl2N7O4/c1-20-15-26(16-21(2)35(20)42)52-14-8-9-27-28-11-12-30(41)34(33-23(4)45-47(7)24(33)5)36(28)49-22(3)18-48(39(50)37(27)49)32-19-46(6)31-13-10-25(17-29(31)32)38-43-44-40(51)53-38/h10-13,15-17,19,22H,8-9,14,18H2,1-7H3,(H,44,51). The summed E-state index contributed by atoms with van der Waals surface area (Å²) in [7, 11) is 3.89. The second-order valence-corrected chi connectivity index (χ2v) is 14.8. The molecule has 4 aromatic heterocycles. The SMILES string of the molecule is Cc1cc(OCCCc2c3n(c4c(-c5c(C)nn(C)c5C)c(Cl)ccc24)C(C)CN(c2cn(C)c4ccc(-c5n[nH]c(=O)o5)cc24)C3=O)cc(C)c1Cl. The third kappa shape index (κ3) is 5.64. The van der Waals surface area contributed by atoms with Crippen LogP contribution in [-0.4, -0.2) is 48.2 Å². The normalized spacial score (nSPS) is 14.5. The van der Waals surface area contributed by atoms with E-state index in [0.717, 1.165) is 77.5 Å². The lowest BCUT2D eigenvalue weighted by molar-refractivity contribution is 0.0957. The fourth-order valence-electron chi connectivity index (χ4n) is 8.01. The molecule has 0 saturated carbocycles. The lowest BCUT2D eigenvalue weighted by Gasteiger charge is -2.34. The van der Waals surface area contributed by atoms with Crippen LogP contribution in [0.1, 0.15) is 58.0 Å². The third-order valence-electron chi connectivity index (χ3n) is 10.5. The molecule has 3 aromatic carbocycles. The molecule has 0 aliphatic carbocycles. The number of hydrogen-bond acceptors (Lipinski definition) is 6. The van der Waals surface area contributed by atoms with Crippen molar-refractivity contribution < 1.29 is 13.9 Å². The maximum atomic E-state index is 15.1. The van der Waals surface area contributed by atoms with Crippen LogP contribution in [0, 0.1) is 27.7 Å². The molecule has 13 heteroatoms. The molecule has 1 aliphatic rings. The zero-order valence-electron chi connectivity index (χ0n) is 30.6. The van der Waals surface area contributed by atoms with E-state index in [1.165, 1.54) is 0 Å². The van der Waals surface area contributed by atoms with E-state index >= 15 is 4.79 Å². The van der Waals surface area contributed by atoms with Crippen molar-refractivity contribution in [1.82, 2.24) is 29.1 Å². The van der Waals surface area contributed by atoms with Gasteiger partial charge in [0.2, 0.25) is 5.89 Å². The second kappa shape index (κ2) is 13.0. The van der Waals surface area contributed by atoms with Gasteiger partial charge in [0.25, 0.3) is 5.91 Å². The van der Waals surface area contributed by atoms with Crippen molar-refractivity contribution in [2.45, 2.75) is 53.5 Å². The molecule has 0 saturated heterocycles. The summed E-state index contributed by atoms with van der Waals surface area (Å²) in [6, 6.07) is 13.5. The summed E-state index contributed by atoms with van der Waals surface area (Å²) in [4.78, 5) is 28.7. The lowest BCUT2D eigenvalue weighted by atomic mass is 9.98. The Morgan fingerprint density at radius 2 is 1.74 bits per heavy atom. The summed E-state index contributed by atoms with van der Waals surface area (Å²) in [5.41, 5.74) is 10.5. The van der Waals surface area contributed by atoms with Gasteiger partial charge in [0.15, 0.2) is 0 Å². The first kappa shape index (κ1) is 34.8. The highest BCUT2D eigenvalue weighted by Gasteiger charge is 2.37. The van der Waals surface area contributed by atoms with E-state index in [-0.39, 0.29) is 17.8 Å². The van der Waals surface area contributed by atoms with Crippen LogP contribution in [0.5, 0.6) is 5.75 Å². The Kier molecular flexibility index (Phi) is 8.54. The number of aromatic amines is 1. The fraction of sp³-hybridized carbons (Fsp3) is 0.300. The Morgan fingerprint density at radius 3 is 2.42 bits per heavy atom. The Morgan fingerprint density at radius 1 is 0.981 bits per heavy atom. The molecule has 8 rings (SSSR count). The number of halogens is 2. The number of H-pyrrole nitrogens is 1. The van der Waals surface area contributed by atoms with Crippen molar-refractivity contribution in [3.63, 3.8) is 0 Å². The van der Waals surface area contributed by atoms with Crippen molar-refractivity contribution in [3.05, 3.63) is 103 Å². The van der Waals surface area contributed by atoms with Gasteiger partial charge in [-0.1, -0.05) is 29.3 Å². The molecule has 11 nitrogen and oxygen atoms in total. The van der Waals surface area contributed by atoms with Crippen LogP contribution in [0.2, 0.25) is 10.0 Å². The van der Waals surface area contributed by atoms with E-state index < -0.39 is 5.76 Å². The van der Waals surface area contributed by atoms with E-state index in [1.54, 1.807) is 0 Å². The van der Waals surface area contributed by atoms with Crippen LogP contribution in [-0.2, 0) is 20.5 Å². The number of hydrogen-bond donors (Lipinski definition) is 1. The Balaban J connectivity index is 1.26. The van der Waals surface area contributed by atoms with Crippen LogP contribution in [0.3, 0.4) is 0 Å². The molecule has 7 aromatic rings. The minimum atomic E-state index is -0.631. The average Bonchev–Trinajstić information content (AvgIpc) is 3.86. The zero-order chi connectivity index (χ0) is 37.5. The minimum absolute atomic E-state index is 0.106. The fourth-order valence-corrected chi connectivity index (χ4v) is 8.37. The minimum Gasteiger partial charge on any atom is -0.494 e. The summed E-state index contributed by atoms with van der Waals surface area (Å²) in [5, 5.41) is 14.3.